The van der Waals surface area contributed by atoms with Crippen LogP contribution in [-0.2, 0) is 22.5 Å². The number of rotatable bonds is 6. The molecule has 25 heavy (non-hydrogen) atoms. The third-order valence-corrected chi connectivity index (χ3v) is 4.61. The maximum Gasteiger partial charge on any atom is 0.310 e. The number of nitrogens with zero attached hydrogens (tertiary/aromatic N) is 2. The highest BCUT2D eigenvalue weighted by Gasteiger charge is 2.13. The predicted octanol–water partition coefficient (Wildman–Crippen LogP) is 2.33. The summed E-state index contributed by atoms with van der Waals surface area (Å²) in [6.07, 6.45) is 1.56. The van der Waals surface area contributed by atoms with Crippen LogP contribution in [0.15, 0.2) is 45.2 Å². The lowest BCUT2D eigenvalue weighted by atomic mass is 10.1. The number of ether oxygens (including phenoxy) is 1. The lowest BCUT2D eigenvalue weighted by molar-refractivity contribution is -0.139. The third kappa shape index (κ3) is 3.80. The van der Waals surface area contributed by atoms with E-state index in [-0.39, 0.29) is 12.0 Å². The highest BCUT2D eigenvalue weighted by Crippen LogP contribution is 2.25. The summed E-state index contributed by atoms with van der Waals surface area (Å²) in [5.41, 5.74) is 4.52. The first-order valence-corrected chi connectivity index (χ1v) is 8.47. The number of carbonyl (C=O) groups excluding carboxylic acids is 1. The Morgan fingerprint density at radius 1 is 1.44 bits per heavy atom. The van der Waals surface area contributed by atoms with Crippen LogP contribution in [0, 0.1) is 6.92 Å². The highest BCUT2D eigenvalue weighted by atomic mass is 32.1. The molecule has 0 aliphatic rings. The van der Waals surface area contributed by atoms with Gasteiger partial charge in [-0.1, -0.05) is 11.2 Å². The number of carbonyl (C=O) groups is 1. The first-order valence-electron chi connectivity index (χ1n) is 7.60. The van der Waals surface area contributed by atoms with E-state index in [1.165, 1.54) is 11.8 Å². The molecule has 130 valence electrons. The summed E-state index contributed by atoms with van der Waals surface area (Å²) in [6.45, 7) is 2.10. The molecule has 0 saturated heterocycles. The van der Waals surface area contributed by atoms with Crippen LogP contribution in [0.5, 0.6) is 0 Å². The van der Waals surface area contributed by atoms with Gasteiger partial charge in [0.2, 0.25) is 0 Å². The van der Waals surface area contributed by atoms with Gasteiger partial charge in [0.15, 0.2) is 5.76 Å². The van der Waals surface area contributed by atoms with Crippen molar-refractivity contribution in [3.8, 4) is 10.6 Å². The molecule has 0 fully saturated rings. The van der Waals surface area contributed by atoms with Crippen LogP contribution in [0.3, 0.4) is 0 Å². The van der Waals surface area contributed by atoms with Crippen LogP contribution in [0.1, 0.15) is 16.8 Å². The van der Waals surface area contributed by atoms with Gasteiger partial charge in [0.1, 0.15) is 5.69 Å². The summed E-state index contributed by atoms with van der Waals surface area (Å²) < 4.78 is 11.3. The minimum Gasteiger partial charge on any atom is -0.469 e. The minimum absolute atomic E-state index is 0.0594. The zero-order valence-corrected chi connectivity index (χ0v) is 14.6. The number of thiophene rings is 1. The molecular formula is C17H17N3O4S. The van der Waals surface area contributed by atoms with Crippen molar-refractivity contribution < 1.29 is 14.1 Å². The number of hydrogen-bond donors (Lipinski definition) is 1. The van der Waals surface area contributed by atoms with Crippen LogP contribution in [0.25, 0.3) is 10.6 Å². The Morgan fingerprint density at radius 3 is 3.00 bits per heavy atom. The van der Waals surface area contributed by atoms with Crippen molar-refractivity contribution in [2.75, 3.05) is 12.5 Å². The molecule has 0 amide bonds. The second-order valence-electron chi connectivity index (χ2n) is 5.40. The zero-order valence-electron chi connectivity index (χ0n) is 13.8. The van der Waals surface area contributed by atoms with Crippen molar-refractivity contribution in [2.45, 2.75) is 19.9 Å². The van der Waals surface area contributed by atoms with Crippen molar-refractivity contribution in [1.82, 2.24) is 9.83 Å². The van der Waals surface area contributed by atoms with E-state index in [9.17, 15) is 9.59 Å². The number of nitrogens with one attached hydrogen (secondary N) is 1. The van der Waals surface area contributed by atoms with E-state index < -0.39 is 5.97 Å². The lowest BCUT2D eigenvalue weighted by Crippen LogP contribution is -2.32. The first kappa shape index (κ1) is 17.0. The number of methoxy groups -OCH3 is 1. The quantitative estimate of drug-likeness (QED) is 0.680. The van der Waals surface area contributed by atoms with Crippen molar-refractivity contribution in [3.63, 3.8) is 0 Å². The molecule has 0 spiro atoms. The van der Waals surface area contributed by atoms with Gasteiger partial charge in [-0.25, -0.2) is 4.68 Å². The van der Waals surface area contributed by atoms with Gasteiger partial charge in [0.25, 0.3) is 5.56 Å². The summed E-state index contributed by atoms with van der Waals surface area (Å²) in [5.74, 6) is 0.240. The molecule has 3 rings (SSSR count). The van der Waals surface area contributed by atoms with Crippen LogP contribution in [0.4, 0.5) is 0 Å². The number of esters is 1. The third-order valence-electron chi connectivity index (χ3n) is 3.73. The molecule has 0 bridgehead atoms. The normalized spacial score (nSPS) is 10.6. The van der Waals surface area contributed by atoms with Gasteiger partial charge in [-0.15, -0.1) is 11.3 Å². The SMILES string of the molecule is COC(=O)Cc1c(C)ccn(NCc2cc(-c3cccs3)on2)c1=O. The predicted molar refractivity (Wildman–Crippen MR) is 94.0 cm³/mol. The molecule has 0 saturated carbocycles. The maximum absolute atomic E-state index is 12.5. The van der Waals surface area contributed by atoms with Crippen molar-refractivity contribution in [2.24, 2.45) is 0 Å². The summed E-state index contributed by atoms with van der Waals surface area (Å²) in [6, 6.07) is 7.49. The maximum atomic E-state index is 12.5. The zero-order chi connectivity index (χ0) is 17.8. The average molecular weight is 359 g/mol. The summed E-state index contributed by atoms with van der Waals surface area (Å²) in [5, 5.41) is 5.96. The van der Waals surface area contributed by atoms with Crippen LogP contribution < -0.4 is 11.0 Å². The van der Waals surface area contributed by atoms with E-state index >= 15 is 0 Å². The smallest absolute Gasteiger partial charge is 0.310 e. The summed E-state index contributed by atoms with van der Waals surface area (Å²) >= 11 is 1.56. The van der Waals surface area contributed by atoms with E-state index in [0.29, 0.717) is 23.6 Å². The molecule has 0 atom stereocenters. The largest absolute Gasteiger partial charge is 0.469 e. The number of aromatic nitrogens is 2. The Labute approximate surface area is 147 Å². The standard InChI is InChI=1S/C17H17N3O4S/c1-11-5-6-20(17(22)13(11)9-16(21)23-2)18-10-12-8-14(24-19-12)15-4-3-7-25-15/h3-8,18H,9-10H2,1-2H3. The van der Waals surface area contributed by atoms with Crippen LogP contribution in [0.2, 0.25) is 0 Å². The van der Waals surface area contributed by atoms with Crippen molar-refractivity contribution in [1.29, 1.82) is 0 Å². The molecule has 0 radical (unpaired) electrons. The Kier molecular flexibility index (Phi) is 4.99. The Bertz CT molecular complexity index is 928. The molecule has 0 aliphatic heterocycles. The van der Waals surface area contributed by atoms with E-state index in [1.54, 1.807) is 30.5 Å². The minimum atomic E-state index is -0.449. The molecule has 3 aromatic heterocycles. The monoisotopic (exact) mass is 359 g/mol. The second kappa shape index (κ2) is 7.35. The van der Waals surface area contributed by atoms with Gasteiger partial charge >= 0.3 is 5.97 Å². The Hall–Kier alpha value is -2.87. The van der Waals surface area contributed by atoms with Gasteiger partial charge in [-0.3, -0.25) is 9.59 Å². The molecule has 3 aromatic rings. The van der Waals surface area contributed by atoms with Crippen LogP contribution >= 0.6 is 11.3 Å². The number of hydrogen-bond acceptors (Lipinski definition) is 7. The molecule has 8 heteroatoms. The van der Waals surface area contributed by atoms with Crippen LogP contribution in [-0.4, -0.2) is 22.9 Å². The topological polar surface area (TPSA) is 86.4 Å². The molecule has 1 N–H and O–H groups in total. The average Bonchev–Trinajstić information content (AvgIpc) is 3.28. The van der Waals surface area contributed by atoms with E-state index in [4.69, 9.17) is 4.52 Å². The highest BCUT2D eigenvalue weighted by molar-refractivity contribution is 7.13. The van der Waals surface area contributed by atoms with E-state index in [2.05, 4.69) is 15.3 Å². The Balaban J connectivity index is 1.74. The molecule has 3 heterocycles. The lowest BCUT2D eigenvalue weighted by Gasteiger charge is -2.11. The van der Waals surface area contributed by atoms with Gasteiger partial charge in [0.05, 0.1) is 25.0 Å². The number of aryl methyl sites for hydroxylation is 1. The summed E-state index contributed by atoms with van der Waals surface area (Å²) in [4.78, 5) is 25.0. The molecule has 0 unspecified atom stereocenters. The fourth-order valence-electron chi connectivity index (χ4n) is 2.32. The van der Waals surface area contributed by atoms with Gasteiger partial charge in [-0.05, 0) is 30.0 Å². The number of pyridine rings is 1. The fourth-order valence-corrected chi connectivity index (χ4v) is 2.99. The molecule has 0 aromatic carbocycles. The molecule has 7 nitrogen and oxygen atoms in total. The van der Waals surface area contributed by atoms with Gasteiger partial charge in [-0.2, -0.15) is 0 Å². The van der Waals surface area contributed by atoms with E-state index in [1.807, 2.05) is 23.6 Å². The van der Waals surface area contributed by atoms with Crippen molar-refractivity contribution >= 4 is 17.3 Å². The second-order valence-corrected chi connectivity index (χ2v) is 6.35. The first-order chi connectivity index (χ1) is 12.1. The van der Waals surface area contributed by atoms with Crippen molar-refractivity contribution in [3.05, 3.63) is 63.0 Å². The Morgan fingerprint density at radius 2 is 2.28 bits per heavy atom. The molecule has 0 aliphatic carbocycles. The van der Waals surface area contributed by atoms with Gasteiger partial charge < -0.3 is 14.7 Å². The fraction of sp³-hybridized carbons (Fsp3) is 0.235. The van der Waals surface area contributed by atoms with E-state index in [0.717, 1.165) is 10.4 Å². The van der Waals surface area contributed by atoms with Gasteiger partial charge in [0, 0.05) is 17.8 Å². The summed E-state index contributed by atoms with van der Waals surface area (Å²) in [7, 11) is 1.30. The molecular weight excluding hydrogens is 342 g/mol.